The summed E-state index contributed by atoms with van der Waals surface area (Å²) in [7, 11) is 0. The van der Waals surface area contributed by atoms with E-state index in [0.29, 0.717) is 16.7 Å². The molecule has 2 rings (SSSR count). The van der Waals surface area contributed by atoms with Crippen LogP contribution in [-0.2, 0) is 6.54 Å². The highest BCUT2D eigenvalue weighted by molar-refractivity contribution is 6.32. The zero-order valence-corrected chi connectivity index (χ0v) is 8.81. The Labute approximate surface area is 91.6 Å². The normalized spacial score (nSPS) is 10.8. The van der Waals surface area contributed by atoms with Crippen molar-refractivity contribution in [2.24, 2.45) is 5.73 Å². The standard InChI is InChI=1S/C10H8Cl2N2/c11-8-1-2-9-6(4-8)3-7(5-13)10(12)14-9/h1-4H,5,13H2. The molecule has 2 N–H and O–H groups in total. The van der Waals surface area contributed by atoms with Gasteiger partial charge in [0, 0.05) is 22.5 Å². The van der Waals surface area contributed by atoms with Crippen LogP contribution in [0.15, 0.2) is 24.3 Å². The van der Waals surface area contributed by atoms with Crippen LogP contribution in [0.3, 0.4) is 0 Å². The van der Waals surface area contributed by atoms with Crippen LogP contribution in [0.25, 0.3) is 10.9 Å². The average molecular weight is 227 g/mol. The van der Waals surface area contributed by atoms with Crippen molar-refractivity contribution in [3.05, 3.63) is 40.0 Å². The Bertz CT molecular complexity index is 483. The Morgan fingerprint density at radius 1 is 1.21 bits per heavy atom. The number of nitrogens with two attached hydrogens (primary N) is 1. The third-order valence-corrected chi connectivity index (χ3v) is 2.59. The molecular weight excluding hydrogens is 219 g/mol. The summed E-state index contributed by atoms with van der Waals surface area (Å²) in [5.41, 5.74) is 7.19. The number of benzene rings is 1. The fourth-order valence-electron chi connectivity index (χ4n) is 1.31. The molecule has 2 aromatic rings. The first-order valence-electron chi connectivity index (χ1n) is 4.15. The topological polar surface area (TPSA) is 38.9 Å². The molecule has 2 nitrogen and oxygen atoms in total. The highest BCUT2D eigenvalue weighted by Gasteiger charge is 2.03. The monoisotopic (exact) mass is 226 g/mol. The molecule has 0 spiro atoms. The molecule has 0 bridgehead atoms. The van der Waals surface area contributed by atoms with Crippen LogP contribution in [0.2, 0.25) is 10.2 Å². The van der Waals surface area contributed by atoms with Gasteiger partial charge in [0.2, 0.25) is 0 Å². The SMILES string of the molecule is NCc1cc2cc(Cl)ccc2nc1Cl. The van der Waals surface area contributed by atoms with Crippen LogP contribution < -0.4 is 5.73 Å². The Kier molecular flexibility index (Phi) is 2.59. The minimum Gasteiger partial charge on any atom is -0.326 e. The minimum absolute atomic E-state index is 0.383. The summed E-state index contributed by atoms with van der Waals surface area (Å²) in [5, 5.41) is 2.11. The predicted octanol–water partition coefficient (Wildman–Crippen LogP) is 3.00. The molecule has 0 fully saturated rings. The van der Waals surface area contributed by atoms with Gasteiger partial charge in [-0.1, -0.05) is 23.2 Å². The summed E-state index contributed by atoms with van der Waals surface area (Å²) in [4.78, 5) is 4.21. The molecule has 4 heteroatoms. The van der Waals surface area contributed by atoms with E-state index in [2.05, 4.69) is 4.98 Å². The van der Waals surface area contributed by atoms with Gasteiger partial charge in [-0.25, -0.2) is 4.98 Å². The lowest BCUT2D eigenvalue weighted by Crippen LogP contribution is -1.98. The van der Waals surface area contributed by atoms with E-state index in [4.69, 9.17) is 28.9 Å². The van der Waals surface area contributed by atoms with E-state index in [9.17, 15) is 0 Å². The Balaban J connectivity index is 2.73. The van der Waals surface area contributed by atoms with Gasteiger partial charge in [-0.2, -0.15) is 0 Å². The van der Waals surface area contributed by atoms with E-state index in [-0.39, 0.29) is 0 Å². The quantitative estimate of drug-likeness (QED) is 0.760. The number of fused-ring (bicyclic) bond motifs is 1. The fourth-order valence-corrected chi connectivity index (χ4v) is 1.71. The summed E-state index contributed by atoms with van der Waals surface area (Å²) in [6.07, 6.45) is 0. The zero-order chi connectivity index (χ0) is 10.1. The van der Waals surface area contributed by atoms with Gasteiger partial charge in [0.15, 0.2) is 0 Å². The van der Waals surface area contributed by atoms with E-state index in [1.807, 2.05) is 18.2 Å². The molecule has 1 heterocycles. The van der Waals surface area contributed by atoms with Crippen molar-refractivity contribution in [2.75, 3.05) is 0 Å². The first kappa shape index (κ1) is 9.71. The molecule has 0 atom stereocenters. The molecule has 14 heavy (non-hydrogen) atoms. The maximum atomic E-state index is 5.92. The number of aromatic nitrogens is 1. The summed E-state index contributed by atoms with van der Waals surface area (Å²) in [6.45, 7) is 0.383. The lowest BCUT2D eigenvalue weighted by molar-refractivity contribution is 1.06. The van der Waals surface area contributed by atoms with Gasteiger partial charge in [-0.15, -0.1) is 0 Å². The van der Waals surface area contributed by atoms with E-state index in [1.165, 1.54) is 0 Å². The first-order chi connectivity index (χ1) is 6.70. The second-order valence-electron chi connectivity index (χ2n) is 2.98. The number of pyridine rings is 1. The van der Waals surface area contributed by atoms with Gasteiger partial charge < -0.3 is 5.73 Å². The predicted molar refractivity (Wildman–Crippen MR) is 59.7 cm³/mol. The molecule has 0 aliphatic rings. The second-order valence-corrected chi connectivity index (χ2v) is 3.77. The molecular formula is C10H8Cl2N2. The molecule has 0 saturated heterocycles. The minimum atomic E-state index is 0.383. The smallest absolute Gasteiger partial charge is 0.134 e. The van der Waals surface area contributed by atoms with Gasteiger partial charge in [0.25, 0.3) is 0 Å². The van der Waals surface area contributed by atoms with Crippen molar-refractivity contribution in [2.45, 2.75) is 6.54 Å². The molecule has 1 aromatic carbocycles. The summed E-state index contributed by atoms with van der Waals surface area (Å²) >= 11 is 11.8. The van der Waals surface area contributed by atoms with Gasteiger partial charge in [0.1, 0.15) is 5.15 Å². The molecule has 0 saturated carbocycles. The fraction of sp³-hybridized carbons (Fsp3) is 0.100. The van der Waals surface area contributed by atoms with Crippen LogP contribution in [0.1, 0.15) is 5.56 Å². The van der Waals surface area contributed by atoms with E-state index >= 15 is 0 Å². The van der Waals surface area contributed by atoms with Crippen LogP contribution in [0.5, 0.6) is 0 Å². The Morgan fingerprint density at radius 2 is 2.00 bits per heavy atom. The Hall–Kier alpha value is -0.830. The number of rotatable bonds is 1. The van der Waals surface area contributed by atoms with Crippen LogP contribution >= 0.6 is 23.2 Å². The van der Waals surface area contributed by atoms with E-state index < -0.39 is 0 Å². The van der Waals surface area contributed by atoms with Gasteiger partial charge >= 0.3 is 0 Å². The lowest BCUT2D eigenvalue weighted by Gasteiger charge is -2.03. The van der Waals surface area contributed by atoms with E-state index in [0.717, 1.165) is 16.5 Å². The summed E-state index contributed by atoms with van der Waals surface area (Å²) < 4.78 is 0. The number of hydrogen-bond acceptors (Lipinski definition) is 2. The molecule has 1 aromatic heterocycles. The Morgan fingerprint density at radius 3 is 2.71 bits per heavy atom. The first-order valence-corrected chi connectivity index (χ1v) is 4.91. The number of halogens is 2. The summed E-state index contributed by atoms with van der Waals surface area (Å²) in [5.74, 6) is 0. The van der Waals surface area contributed by atoms with Crippen molar-refractivity contribution in [1.82, 2.24) is 4.98 Å². The average Bonchev–Trinajstić information content (AvgIpc) is 2.17. The van der Waals surface area contributed by atoms with Crippen LogP contribution in [0, 0.1) is 0 Å². The number of nitrogens with zero attached hydrogens (tertiary/aromatic N) is 1. The van der Waals surface area contributed by atoms with Crippen molar-refractivity contribution in [3.63, 3.8) is 0 Å². The maximum absolute atomic E-state index is 5.92. The van der Waals surface area contributed by atoms with Gasteiger partial charge in [0.05, 0.1) is 5.52 Å². The van der Waals surface area contributed by atoms with E-state index in [1.54, 1.807) is 6.07 Å². The van der Waals surface area contributed by atoms with Crippen LogP contribution in [0.4, 0.5) is 0 Å². The third kappa shape index (κ3) is 1.69. The van der Waals surface area contributed by atoms with Crippen LogP contribution in [-0.4, -0.2) is 4.98 Å². The molecule has 0 aliphatic heterocycles. The number of hydrogen-bond donors (Lipinski definition) is 1. The van der Waals surface area contributed by atoms with Crippen molar-refractivity contribution in [1.29, 1.82) is 0 Å². The van der Waals surface area contributed by atoms with Gasteiger partial charge in [-0.3, -0.25) is 0 Å². The largest absolute Gasteiger partial charge is 0.326 e. The van der Waals surface area contributed by atoms with Crippen molar-refractivity contribution in [3.8, 4) is 0 Å². The van der Waals surface area contributed by atoms with Crippen molar-refractivity contribution < 1.29 is 0 Å². The second kappa shape index (κ2) is 3.73. The molecule has 0 aliphatic carbocycles. The van der Waals surface area contributed by atoms with Crippen molar-refractivity contribution >= 4 is 34.1 Å². The molecule has 0 unspecified atom stereocenters. The lowest BCUT2D eigenvalue weighted by atomic mass is 10.1. The zero-order valence-electron chi connectivity index (χ0n) is 7.30. The highest BCUT2D eigenvalue weighted by atomic mass is 35.5. The molecule has 0 radical (unpaired) electrons. The molecule has 72 valence electrons. The van der Waals surface area contributed by atoms with Gasteiger partial charge in [-0.05, 0) is 24.3 Å². The maximum Gasteiger partial charge on any atom is 0.134 e. The summed E-state index contributed by atoms with van der Waals surface area (Å²) in [6, 6.07) is 7.38. The highest BCUT2D eigenvalue weighted by Crippen LogP contribution is 2.22. The molecule has 0 amide bonds. The third-order valence-electron chi connectivity index (χ3n) is 2.02.